The number of hydrogen-bond donors (Lipinski definition) is 0. The number of imide groups is 1. The minimum atomic E-state index is -0.756. The molecule has 1 aliphatic rings. The highest BCUT2D eigenvalue weighted by molar-refractivity contribution is 9.10. The highest BCUT2D eigenvalue weighted by Gasteiger charge is 2.36. The van der Waals surface area contributed by atoms with Crippen LogP contribution in [0, 0.1) is 17.0 Å². The Labute approximate surface area is 258 Å². The van der Waals surface area contributed by atoms with Gasteiger partial charge in [-0.3, -0.25) is 24.5 Å². The van der Waals surface area contributed by atoms with E-state index in [2.05, 4.69) is 15.9 Å². The van der Waals surface area contributed by atoms with Gasteiger partial charge >= 0.3 is 5.97 Å². The Kier molecular flexibility index (Phi) is 7.32. The molecule has 2 heterocycles. The van der Waals surface area contributed by atoms with Gasteiger partial charge in [-0.05, 0) is 67.1 Å². The SMILES string of the molecule is Cc1cc(Br)cc2c(C(=O)OCC(=O)c3ccc([N+](=O)[O-])cc3)cc(-c3ccc(N4C(=O)c5ccccc5C4=O)cc3)nc12. The number of hydrogen-bond acceptors (Lipinski definition) is 8. The van der Waals surface area contributed by atoms with E-state index in [1.165, 1.54) is 24.3 Å². The summed E-state index contributed by atoms with van der Waals surface area (Å²) in [7, 11) is 0. The zero-order valence-electron chi connectivity index (χ0n) is 22.9. The third-order valence-electron chi connectivity index (χ3n) is 7.24. The lowest BCUT2D eigenvalue weighted by Gasteiger charge is -2.15. The molecule has 0 bridgehead atoms. The summed E-state index contributed by atoms with van der Waals surface area (Å²) in [6, 6.07) is 23.5. The number of nitro groups is 1. The maximum atomic E-state index is 13.4. The number of amides is 2. The van der Waals surface area contributed by atoms with Crippen LogP contribution in [0.5, 0.6) is 0 Å². The lowest BCUT2D eigenvalue weighted by atomic mass is 10.0. The van der Waals surface area contributed by atoms with Crippen molar-refractivity contribution in [3.63, 3.8) is 0 Å². The van der Waals surface area contributed by atoms with Gasteiger partial charge in [-0.15, -0.1) is 0 Å². The van der Waals surface area contributed by atoms with Gasteiger partial charge in [-0.2, -0.15) is 0 Å². The van der Waals surface area contributed by atoms with Crippen LogP contribution in [-0.2, 0) is 4.74 Å². The number of esters is 1. The Balaban J connectivity index is 1.30. The second kappa shape index (κ2) is 11.3. The minimum absolute atomic E-state index is 0.160. The number of carbonyl (C=O) groups excluding carboxylic acids is 4. The number of pyridine rings is 1. The van der Waals surface area contributed by atoms with E-state index in [1.54, 1.807) is 60.7 Å². The summed E-state index contributed by atoms with van der Waals surface area (Å²) < 4.78 is 6.12. The molecule has 5 aromatic rings. The van der Waals surface area contributed by atoms with Crippen molar-refractivity contribution < 1.29 is 28.8 Å². The molecule has 216 valence electrons. The molecule has 0 saturated carbocycles. The number of halogens is 1. The maximum absolute atomic E-state index is 13.4. The van der Waals surface area contributed by atoms with Gasteiger partial charge in [0.25, 0.3) is 17.5 Å². The van der Waals surface area contributed by atoms with E-state index < -0.39 is 35.1 Å². The molecule has 1 aromatic heterocycles. The molecular weight excluding hydrogens is 630 g/mol. The molecule has 0 atom stereocenters. The van der Waals surface area contributed by atoms with E-state index in [-0.39, 0.29) is 16.8 Å². The lowest BCUT2D eigenvalue weighted by Crippen LogP contribution is -2.29. The van der Waals surface area contributed by atoms with Crippen LogP contribution in [-0.4, -0.2) is 40.1 Å². The van der Waals surface area contributed by atoms with Crippen LogP contribution in [0.3, 0.4) is 0 Å². The maximum Gasteiger partial charge on any atom is 0.339 e. The number of rotatable bonds is 7. The first kappa shape index (κ1) is 28.6. The third kappa shape index (κ3) is 5.13. The highest BCUT2D eigenvalue weighted by atomic mass is 79.9. The topological polar surface area (TPSA) is 137 Å². The van der Waals surface area contributed by atoms with Gasteiger partial charge < -0.3 is 4.74 Å². The van der Waals surface area contributed by atoms with Crippen molar-refractivity contribution in [3.8, 4) is 11.3 Å². The number of ether oxygens (including phenoxy) is 1. The summed E-state index contributed by atoms with van der Waals surface area (Å²) in [5.74, 6) is -2.09. The van der Waals surface area contributed by atoms with Gasteiger partial charge in [0, 0.05) is 33.1 Å². The van der Waals surface area contributed by atoms with E-state index in [4.69, 9.17) is 9.72 Å². The zero-order chi connectivity index (χ0) is 31.1. The van der Waals surface area contributed by atoms with Gasteiger partial charge in [0.05, 0.1) is 38.5 Å². The zero-order valence-corrected chi connectivity index (χ0v) is 24.5. The van der Waals surface area contributed by atoms with Gasteiger partial charge in [-0.25, -0.2) is 14.7 Å². The molecule has 0 fully saturated rings. The summed E-state index contributed by atoms with van der Waals surface area (Å²) in [6.07, 6.45) is 0. The summed E-state index contributed by atoms with van der Waals surface area (Å²) >= 11 is 3.46. The first-order chi connectivity index (χ1) is 21.1. The molecule has 6 rings (SSSR count). The van der Waals surface area contributed by atoms with Crippen molar-refractivity contribution in [2.24, 2.45) is 0 Å². The van der Waals surface area contributed by atoms with E-state index in [9.17, 15) is 29.3 Å². The van der Waals surface area contributed by atoms with Crippen LogP contribution in [0.2, 0.25) is 0 Å². The van der Waals surface area contributed by atoms with Crippen LogP contribution in [0.25, 0.3) is 22.2 Å². The van der Waals surface area contributed by atoms with Crippen molar-refractivity contribution in [2.45, 2.75) is 6.92 Å². The van der Waals surface area contributed by atoms with E-state index >= 15 is 0 Å². The predicted molar refractivity (Wildman–Crippen MR) is 165 cm³/mol. The summed E-state index contributed by atoms with van der Waals surface area (Å²) in [4.78, 5) is 68.1. The average molecular weight is 650 g/mol. The molecule has 0 spiro atoms. The molecule has 0 saturated heterocycles. The molecule has 0 unspecified atom stereocenters. The fraction of sp³-hybridized carbons (Fsp3) is 0.0606. The predicted octanol–water partition coefficient (Wildman–Crippen LogP) is 6.72. The fourth-order valence-corrected chi connectivity index (χ4v) is 5.61. The Bertz CT molecular complexity index is 2010. The number of nitrogens with zero attached hydrogens (tertiary/aromatic N) is 3. The molecule has 2 amide bonds. The van der Waals surface area contributed by atoms with Crippen molar-refractivity contribution in [1.29, 1.82) is 0 Å². The molecule has 11 heteroatoms. The van der Waals surface area contributed by atoms with E-state index in [0.29, 0.717) is 39.0 Å². The number of benzene rings is 4. The van der Waals surface area contributed by atoms with Crippen LogP contribution in [0.4, 0.5) is 11.4 Å². The standard InChI is InChI=1S/C33H20BrN3O7/c1-18-14-21(34)15-26-27(33(41)44-17-29(38)20-8-12-23(13-9-20)37(42)43)16-28(35-30(18)26)19-6-10-22(11-7-19)36-31(39)24-4-2-3-5-25(24)32(36)40/h2-16H,17H2,1H3. The average Bonchev–Trinajstić information content (AvgIpc) is 3.28. The summed E-state index contributed by atoms with van der Waals surface area (Å²) in [6.45, 7) is 1.28. The third-order valence-corrected chi connectivity index (χ3v) is 7.70. The second-order valence-electron chi connectivity index (χ2n) is 10.0. The van der Waals surface area contributed by atoms with Gasteiger partial charge in [0.2, 0.25) is 0 Å². The number of non-ortho nitro benzene ring substituents is 1. The second-order valence-corrected chi connectivity index (χ2v) is 10.9. The fourth-order valence-electron chi connectivity index (χ4n) is 5.04. The number of ketones is 1. The van der Waals surface area contributed by atoms with E-state index in [0.717, 1.165) is 14.9 Å². The van der Waals surface area contributed by atoms with Gasteiger partial charge in [0.15, 0.2) is 12.4 Å². The number of Topliss-reactive ketones (excluding diaryl/α,β-unsaturated/α-hetero) is 1. The van der Waals surface area contributed by atoms with Crippen LogP contribution in [0.15, 0.2) is 95.5 Å². The van der Waals surface area contributed by atoms with Crippen LogP contribution < -0.4 is 4.90 Å². The van der Waals surface area contributed by atoms with Crippen molar-refractivity contribution in [3.05, 3.63) is 133 Å². The molecule has 0 aliphatic carbocycles. The number of aryl methyl sites for hydroxylation is 1. The summed E-state index contributed by atoms with van der Waals surface area (Å²) in [5.41, 5.74) is 3.65. The van der Waals surface area contributed by atoms with Gasteiger partial charge in [0.1, 0.15) is 0 Å². The van der Waals surface area contributed by atoms with Crippen molar-refractivity contribution >= 4 is 61.8 Å². The Hall–Kier alpha value is -5.55. The largest absolute Gasteiger partial charge is 0.454 e. The van der Waals surface area contributed by atoms with Crippen molar-refractivity contribution in [2.75, 3.05) is 11.5 Å². The lowest BCUT2D eigenvalue weighted by molar-refractivity contribution is -0.384. The molecule has 10 nitrogen and oxygen atoms in total. The molecule has 1 aliphatic heterocycles. The molecule has 4 aromatic carbocycles. The molecule has 0 N–H and O–H groups in total. The number of aromatic nitrogens is 1. The quantitative estimate of drug-likeness (QED) is 0.0623. The first-order valence-electron chi connectivity index (χ1n) is 13.3. The first-order valence-corrected chi connectivity index (χ1v) is 14.1. The smallest absolute Gasteiger partial charge is 0.339 e. The summed E-state index contributed by atoms with van der Waals surface area (Å²) in [5, 5.41) is 11.4. The Morgan fingerprint density at radius 1 is 0.909 bits per heavy atom. The molecular formula is C33H20BrN3O7. The number of nitro benzene ring substituents is 1. The Morgan fingerprint density at radius 2 is 1.55 bits per heavy atom. The Morgan fingerprint density at radius 3 is 2.16 bits per heavy atom. The number of carbonyl (C=O) groups is 4. The monoisotopic (exact) mass is 649 g/mol. The molecule has 0 radical (unpaired) electrons. The molecule has 44 heavy (non-hydrogen) atoms. The van der Waals surface area contributed by atoms with Crippen LogP contribution >= 0.6 is 15.9 Å². The number of anilines is 1. The van der Waals surface area contributed by atoms with Crippen molar-refractivity contribution in [1.82, 2.24) is 4.98 Å². The highest BCUT2D eigenvalue weighted by Crippen LogP contribution is 2.33. The van der Waals surface area contributed by atoms with Gasteiger partial charge in [-0.1, -0.05) is 40.2 Å². The normalized spacial score (nSPS) is 12.4. The van der Waals surface area contributed by atoms with E-state index in [1.807, 2.05) is 13.0 Å². The van der Waals surface area contributed by atoms with Crippen LogP contribution in [0.1, 0.15) is 47.0 Å². The number of fused-ring (bicyclic) bond motifs is 2. The minimum Gasteiger partial charge on any atom is -0.454 e.